The van der Waals surface area contributed by atoms with Crippen LogP contribution in [0.4, 0.5) is 15.8 Å². The van der Waals surface area contributed by atoms with E-state index in [1.165, 1.54) is 12.1 Å². The van der Waals surface area contributed by atoms with Crippen LogP contribution in [0.5, 0.6) is 0 Å². The van der Waals surface area contributed by atoms with Crippen molar-refractivity contribution in [1.29, 1.82) is 0 Å². The van der Waals surface area contributed by atoms with Gasteiger partial charge in [0.2, 0.25) is 0 Å². The molecule has 19 heavy (non-hydrogen) atoms. The van der Waals surface area contributed by atoms with Gasteiger partial charge in [0.15, 0.2) is 0 Å². The van der Waals surface area contributed by atoms with Crippen molar-refractivity contribution in [3.05, 3.63) is 48.0 Å². The Morgan fingerprint density at radius 3 is 2.74 bits per heavy atom. The fourth-order valence-electron chi connectivity index (χ4n) is 1.87. The number of aromatic nitrogens is 1. The highest BCUT2D eigenvalue weighted by atomic mass is 19.1. The van der Waals surface area contributed by atoms with Crippen LogP contribution in [-0.2, 0) is 0 Å². The number of halogens is 1. The van der Waals surface area contributed by atoms with Crippen LogP contribution < -0.4 is 11.1 Å². The molecular formula is C14H16FN3O. The molecule has 0 aliphatic heterocycles. The molecule has 1 aromatic carbocycles. The van der Waals surface area contributed by atoms with Gasteiger partial charge in [0, 0.05) is 17.9 Å². The van der Waals surface area contributed by atoms with Gasteiger partial charge in [0.1, 0.15) is 11.5 Å². The summed E-state index contributed by atoms with van der Waals surface area (Å²) in [5.41, 5.74) is 7.11. The molecule has 100 valence electrons. The molecule has 0 unspecified atom stereocenters. The van der Waals surface area contributed by atoms with Gasteiger partial charge in [0.05, 0.1) is 5.69 Å². The molecule has 4 nitrogen and oxygen atoms in total. The normalized spacial score (nSPS) is 10.7. The first-order valence-corrected chi connectivity index (χ1v) is 6.01. The molecule has 0 aliphatic carbocycles. The second kappa shape index (κ2) is 5.14. The standard InChI is InChI=1S/C14H16FN3O/c1-9(2)18-8-11(16)7-13(18)14(19)17-12-5-3-4-10(15)6-12/h3-9H,16H2,1-2H3,(H,17,19). The van der Waals surface area contributed by atoms with Crippen molar-refractivity contribution in [2.75, 3.05) is 11.1 Å². The number of amides is 1. The van der Waals surface area contributed by atoms with E-state index < -0.39 is 5.82 Å². The zero-order chi connectivity index (χ0) is 14.0. The number of nitrogens with one attached hydrogen (secondary N) is 1. The number of nitrogens with two attached hydrogens (primary N) is 1. The minimum absolute atomic E-state index is 0.116. The first kappa shape index (κ1) is 13.1. The number of hydrogen-bond donors (Lipinski definition) is 2. The lowest BCUT2D eigenvalue weighted by Gasteiger charge is -2.12. The van der Waals surface area contributed by atoms with Gasteiger partial charge in [-0.1, -0.05) is 6.07 Å². The SMILES string of the molecule is CC(C)n1cc(N)cc1C(=O)Nc1cccc(F)c1. The minimum Gasteiger partial charge on any atom is -0.397 e. The maximum atomic E-state index is 13.1. The number of rotatable bonds is 3. The van der Waals surface area contributed by atoms with E-state index in [9.17, 15) is 9.18 Å². The molecule has 3 N–H and O–H groups in total. The van der Waals surface area contributed by atoms with E-state index in [0.29, 0.717) is 17.1 Å². The van der Waals surface area contributed by atoms with Gasteiger partial charge >= 0.3 is 0 Å². The summed E-state index contributed by atoms with van der Waals surface area (Å²) in [4.78, 5) is 12.2. The Morgan fingerprint density at radius 1 is 1.37 bits per heavy atom. The number of carbonyl (C=O) groups excluding carboxylic acids is 1. The van der Waals surface area contributed by atoms with Crippen LogP contribution in [0.2, 0.25) is 0 Å². The summed E-state index contributed by atoms with van der Waals surface area (Å²) in [5.74, 6) is -0.701. The van der Waals surface area contributed by atoms with Crippen molar-refractivity contribution < 1.29 is 9.18 Å². The molecule has 2 aromatic rings. The predicted molar refractivity (Wildman–Crippen MR) is 73.6 cm³/mol. The van der Waals surface area contributed by atoms with Crippen molar-refractivity contribution in [2.45, 2.75) is 19.9 Å². The summed E-state index contributed by atoms with van der Waals surface area (Å²) < 4.78 is 14.8. The maximum Gasteiger partial charge on any atom is 0.272 e. The number of nitrogens with zero attached hydrogens (tertiary/aromatic N) is 1. The van der Waals surface area contributed by atoms with Gasteiger partial charge in [-0.15, -0.1) is 0 Å². The van der Waals surface area contributed by atoms with E-state index in [1.54, 1.807) is 29.0 Å². The second-order valence-electron chi connectivity index (χ2n) is 4.62. The predicted octanol–water partition coefficient (Wildman–Crippen LogP) is 3.04. The van der Waals surface area contributed by atoms with Crippen molar-refractivity contribution in [2.24, 2.45) is 0 Å². The molecule has 0 atom stereocenters. The van der Waals surface area contributed by atoms with Gasteiger partial charge < -0.3 is 15.6 Å². The van der Waals surface area contributed by atoms with E-state index in [2.05, 4.69) is 5.32 Å². The Hall–Kier alpha value is -2.30. The molecule has 0 fully saturated rings. The smallest absolute Gasteiger partial charge is 0.272 e. The molecule has 0 aliphatic rings. The maximum absolute atomic E-state index is 13.1. The number of anilines is 2. The molecule has 1 heterocycles. The molecule has 0 bridgehead atoms. The summed E-state index contributed by atoms with van der Waals surface area (Å²) in [6, 6.07) is 7.49. The zero-order valence-electron chi connectivity index (χ0n) is 10.9. The van der Waals surface area contributed by atoms with Crippen LogP contribution in [0.15, 0.2) is 36.5 Å². The average Bonchev–Trinajstić information content (AvgIpc) is 2.71. The molecule has 0 radical (unpaired) electrons. The van der Waals surface area contributed by atoms with Crippen LogP contribution in [-0.4, -0.2) is 10.5 Å². The van der Waals surface area contributed by atoms with E-state index in [1.807, 2.05) is 13.8 Å². The first-order valence-electron chi connectivity index (χ1n) is 6.01. The molecule has 0 saturated carbocycles. The van der Waals surface area contributed by atoms with Crippen LogP contribution in [0, 0.1) is 5.82 Å². The highest BCUT2D eigenvalue weighted by Crippen LogP contribution is 2.18. The van der Waals surface area contributed by atoms with E-state index in [-0.39, 0.29) is 11.9 Å². The summed E-state index contributed by atoms with van der Waals surface area (Å²) in [7, 11) is 0. The number of benzene rings is 1. The largest absolute Gasteiger partial charge is 0.397 e. The number of nitrogen functional groups attached to an aromatic ring is 1. The quantitative estimate of drug-likeness (QED) is 0.892. The van der Waals surface area contributed by atoms with Gasteiger partial charge in [0.25, 0.3) is 5.91 Å². The summed E-state index contributed by atoms with van der Waals surface area (Å²) in [6.07, 6.45) is 1.71. The lowest BCUT2D eigenvalue weighted by Crippen LogP contribution is -2.17. The van der Waals surface area contributed by atoms with Crippen molar-refractivity contribution in [3.63, 3.8) is 0 Å². The molecule has 0 spiro atoms. The summed E-state index contributed by atoms with van der Waals surface area (Å²) in [6.45, 7) is 3.91. The third kappa shape index (κ3) is 2.93. The van der Waals surface area contributed by atoms with Crippen molar-refractivity contribution >= 4 is 17.3 Å². The van der Waals surface area contributed by atoms with E-state index in [0.717, 1.165) is 0 Å². The van der Waals surface area contributed by atoms with Gasteiger partial charge in [-0.3, -0.25) is 4.79 Å². The zero-order valence-corrected chi connectivity index (χ0v) is 10.9. The van der Waals surface area contributed by atoms with Crippen LogP contribution >= 0.6 is 0 Å². The van der Waals surface area contributed by atoms with E-state index in [4.69, 9.17) is 5.73 Å². The van der Waals surface area contributed by atoms with Gasteiger partial charge in [-0.2, -0.15) is 0 Å². The molecule has 0 saturated heterocycles. The lowest BCUT2D eigenvalue weighted by molar-refractivity contribution is 0.101. The highest BCUT2D eigenvalue weighted by Gasteiger charge is 2.15. The Morgan fingerprint density at radius 2 is 2.11 bits per heavy atom. The Kier molecular flexibility index (Phi) is 3.55. The number of hydrogen-bond acceptors (Lipinski definition) is 2. The molecule has 1 aromatic heterocycles. The fraction of sp³-hybridized carbons (Fsp3) is 0.214. The van der Waals surface area contributed by atoms with Gasteiger partial charge in [-0.25, -0.2) is 4.39 Å². The third-order valence-corrected chi connectivity index (χ3v) is 2.74. The molecular weight excluding hydrogens is 245 g/mol. The molecule has 2 rings (SSSR count). The Labute approximate surface area is 111 Å². The Balaban J connectivity index is 2.25. The highest BCUT2D eigenvalue weighted by molar-refractivity contribution is 6.03. The summed E-state index contributed by atoms with van der Waals surface area (Å²) in [5, 5.41) is 2.65. The average molecular weight is 261 g/mol. The minimum atomic E-state index is -0.392. The second-order valence-corrected chi connectivity index (χ2v) is 4.62. The van der Waals surface area contributed by atoms with Crippen LogP contribution in [0.25, 0.3) is 0 Å². The van der Waals surface area contributed by atoms with Crippen LogP contribution in [0.3, 0.4) is 0 Å². The molecule has 1 amide bonds. The topological polar surface area (TPSA) is 60.0 Å². The first-order chi connectivity index (χ1) is 8.97. The summed E-state index contributed by atoms with van der Waals surface area (Å²) >= 11 is 0. The third-order valence-electron chi connectivity index (χ3n) is 2.74. The van der Waals surface area contributed by atoms with Crippen LogP contribution in [0.1, 0.15) is 30.4 Å². The lowest BCUT2D eigenvalue weighted by atomic mass is 10.3. The molecule has 5 heteroatoms. The number of carbonyl (C=O) groups is 1. The van der Waals surface area contributed by atoms with Crippen molar-refractivity contribution in [3.8, 4) is 0 Å². The van der Waals surface area contributed by atoms with Crippen molar-refractivity contribution in [1.82, 2.24) is 4.57 Å². The monoisotopic (exact) mass is 261 g/mol. The Bertz CT molecular complexity index is 604. The van der Waals surface area contributed by atoms with E-state index >= 15 is 0 Å². The fourth-order valence-corrected chi connectivity index (χ4v) is 1.87. The van der Waals surface area contributed by atoms with Gasteiger partial charge in [-0.05, 0) is 38.1 Å².